The van der Waals surface area contributed by atoms with E-state index in [2.05, 4.69) is 4.98 Å². The van der Waals surface area contributed by atoms with Crippen LogP contribution in [0.2, 0.25) is 5.15 Å². The molecule has 1 atom stereocenters. The molecule has 1 aliphatic rings. The average Bonchev–Trinajstić information content (AvgIpc) is 2.47. The van der Waals surface area contributed by atoms with Crippen molar-refractivity contribution in [3.05, 3.63) is 23.5 Å². The van der Waals surface area contributed by atoms with Gasteiger partial charge in [-0.25, -0.2) is 21.8 Å². The molecule has 10 heteroatoms. The summed E-state index contributed by atoms with van der Waals surface area (Å²) in [6.07, 6.45) is 1.15. The highest BCUT2D eigenvalue weighted by molar-refractivity contribution is 8.01. The molecule has 118 valence electrons. The van der Waals surface area contributed by atoms with E-state index < -0.39 is 25.2 Å². The molecule has 2 heterocycles. The summed E-state index contributed by atoms with van der Waals surface area (Å²) in [5.74, 6) is 0.718. The maximum Gasteiger partial charge on any atom is 0.245 e. The Hall–Kier alpha value is -0.350. The molecule has 1 unspecified atom stereocenters. The molecule has 0 N–H and O–H groups in total. The van der Waals surface area contributed by atoms with Crippen LogP contribution in [0.4, 0.5) is 0 Å². The van der Waals surface area contributed by atoms with Crippen LogP contribution in [0.5, 0.6) is 0 Å². The fourth-order valence-corrected chi connectivity index (χ4v) is 7.27. The van der Waals surface area contributed by atoms with Gasteiger partial charge >= 0.3 is 0 Å². The van der Waals surface area contributed by atoms with E-state index in [0.717, 1.165) is 10.5 Å². The van der Waals surface area contributed by atoms with E-state index in [1.54, 1.807) is 0 Å². The van der Waals surface area contributed by atoms with Gasteiger partial charge in [-0.3, -0.25) is 0 Å². The number of sulfonamides is 1. The topological polar surface area (TPSA) is 84.4 Å². The number of thioether (sulfide) groups is 1. The molecule has 0 spiro atoms. The number of pyridine rings is 1. The number of halogens is 1. The summed E-state index contributed by atoms with van der Waals surface area (Å²) in [6, 6.07) is 2.71. The fraction of sp³-hybridized carbons (Fsp3) is 0.545. The van der Waals surface area contributed by atoms with Crippen molar-refractivity contribution in [1.29, 1.82) is 0 Å². The molecule has 0 amide bonds. The Labute approximate surface area is 133 Å². The van der Waals surface area contributed by atoms with Crippen LogP contribution < -0.4 is 0 Å². The molecule has 1 aromatic rings. The first kappa shape index (κ1) is 17.0. The smallest absolute Gasteiger partial charge is 0.243 e. The molecule has 0 aromatic carbocycles. The molecule has 21 heavy (non-hydrogen) atoms. The van der Waals surface area contributed by atoms with Gasteiger partial charge in [0.1, 0.15) is 15.4 Å². The highest BCUT2D eigenvalue weighted by Crippen LogP contribution is 2.27. The summed E-state index contributed by atoms with van der Waals surface area (Å²) in [5, 5.41) is -0.845. The van der Waals surface area contributed by atoms with Crippen molar-refractivity contribution in [3.63, 3.8) is 0 Å². The number of hydrogen-bond acceptors (Lipinski definition) is 6. The lowest BCUT2D eigenvalue weighted by Gasteiger charge is -2.33. The number of aromatic nitrogens is 1. The van der Waals surface area contributed by atoms with E-state index in [4.69, 9.17) is 11.6 Å². The van der Waals surface area contributed by atoms with Gasteiger partial charge in [0.2, 0.25) is 10.0 Å². The van der Waals surface area contributed by atoms with E-state index in [9.17, 15) is 16.8 Å². The van der Waals surface area contributed by atoms with Crippen molar-refractivity contribution in [3.8, 4) is 0 Å². The van der Waals surface area contributed by atoms with Crippen LogP contribution in [-0.4, -0.2) is 55.3 Å². The Balaban J connectivity index is 2.43. The Morgan fingerprint density at radius 1 is 1.38 bits per heavy atom. The first-order valence-corrected chi connectivity index (χ1v) is 10.9. The number of nitrogens with zero attached hydrogens (tertiary/aromatic N) is 2. The molecule has 1 aliphatic heterocycles. The standard InChI is InChI=1S/C11H15ClN2O4S3/c1-2-20(15,16)11-8-19-6-5-14(11)21(17,18)9-3-4-10(12)13-7-9/h3-4,7,11H,2,5-6,8H2,1H3. The van der Waals surface area contributed by atoms with Gasteiger partial charge in [-0.1, -0.05) is 18.5 Å². The van der Waals surface area contributed by atoms with Gasteiger partial charge in [-0.05, 0) is 12.1 Å². The second-order valence-corrected chi connectivity index (χ2v) is 10.3. The molecule has 1 aromatic heterocycles. The SMILES string of the molecule is CCS(=O)(=O)C1CSCCN1S(=O)(=O)c1ccc(Cl)nc1. The predicted octanol–water partition coefficient (Wildman–Crippen LogP) is 1.23. The molecule has 0 bridgehead atoms. The van der Waals surface area contributed by atoms with E-state index in [1.165, 1.54) is 30.8 Å². The summed E-state index contributed by atoms with van der Waals surface area (Å²) >= 11 is 7.09. The van der Waals surface area contributed by atoms with Gasteiger partial charge in [-0.2, -0.15) is 16.1 Å². The highest BCUT2D eigenvalue weighted by atomic mass is 35.5. The second-order valence-electron chi connectivity index (χ2n) is 4.41. The first-order valence-electron chi connectivity index (χ1n) is 6.22. The maximum absolute atomic E-state index is 12.6. The number of sulfone groups is 1. The van der Waals surface area contributed by atoms with E-state index in [0.29, 0.717) is 5.75 Å². The third-order valence-corrected chi connectivity index (χ3v) is 8.70. The van der Waals surface area contributed by atoms with Gasteiger partial charge in [0.05, 0.1) is 0 Å². The zero-order valence-corrected chi connectivity index (χ0v) is 14.5. The van der Waals surface area contributed by atoms with Crippen molar-refractivity contribution in [2.24, 2.45) is 0 Å². The van der Waals surface area contributed by atoms with E-state index >= 15 is 0 Å². The third-order valence-electron chi connectivity index (χ3n) is 3.16. The van der Waals surface area contributed by atoms with Crippen molar-refractivity contribution >= 4 is 43.2 Å². The molecule has 1 saturated heterocycles. The molecule has 0 saturated carbocycles. The minimum atomic E-state index is -3.90. The van der Waals surface area contributed by atoms with Gasteiger partial charge in [0.15, 0.2) is 9.84 Å². The van der Waals surface area contributed by atoms with Gasteiger partial charge in [-0.15, -0.1) is 0 Å². The van der Waals surface area contributed by atoms with Crippen LogP contribution in [-0.2, 0) is 19.9 Å². The van der Waals surface area contributed by atoms with Crippen LogP contribution in [0.3, 0.4) is 0 Å². The summed E-state index contributed by atoms with van der Waals surface area (Å²) in [6.45, 7) is 1.68. The molecule has 6 nitrogen and oxygen atoms in total. The fourth-order valence-electron chi connectivity index (χ4n) is 1.97. The Bertz CT molecular complexity index is 703. The molecular formula is C11H15ClN2O4S3. The Morgan fingerprint density at radius 3 is 2.67 bits per heavy atom. The highest BCUT2D eigenvalue weighted by Gasteiger charge is 2.40. The minimum Gasteiger partial charge on any atom is -0.243 e. The van der Waals surface area contributed by atoms with Crippen LogP contribution in [0.15, 0.2) is 23.2 Å². The maximum atomic E-state index is 12.6. The number of hydrogen-bond donors (Lipinski definition) is 0. The lowest BCUT2D eigenvalue weighted by molar-refractivity contribution is 0.403. The van der Waals surface area contributed by atoms with Gasteiger partial charge in [0, 0.05) is 30.0 Å². The Morgan fingerprint density at radius 2 is 2.10 bits per heavy atom. The van der Waals surface area contributed by atoms with Crippen molar-refractivity contribution in [2.75, 3.05) is 23.8 Å². The minimum absolute atomic E-state index is 0.0462. The van der Waals surface area contributed by atoms with Crippen LogP contribution >= 0.6 is 23.4 Å². The van der Waals surface area contributed by atoms with Gasteiger partial charge < -0.3 is 0 Å². The summed E-state index contributed by atoms with van der Waals surface area (Å²) in [7, 11) is -7.39. The molecular weight excluding hydrogens is 356 g/mol. The Kier molecular flexibility index (Phi) is 5.19. The van der Waals surface area contributed by atoms with E-state index in [-0.39, 0.29) is 28.1 Å². The molecule has 1 fully saturated rings. The van der Waals surface area contributed by atoms with Crippen LogP contribution in [0, 0.1) is 0 Å². The monoisotopic (exact) mass is 370 g/mol. The largest absolute Gasteiger partial charge is 0.245 e. The number of rotatable bonds is 4. The van der Waals surface area contributed by atoms with Crippen LogP contribution in [0.1, 0.15) is 6.92 Å². The van der Waals surface area contributed by atoms with Crippen molar-refractivity contribution in [2.45, 2.75) is 17.2 Å². The lowest BCUT2D eigenvalue weighted by Crippen LogP contribution is -2.50. The second kappa shape index (κ2) is 6.41. The van der Waals surface area contributed by atoms with Crippen LogP contribution in [0.25, 0.3) is 0 Å². The van der Waals surface area contributed by atoms with Crippen molar-refractivity contribution in [1.82, 2.24) is 9.29 Å². The summed E-state index contributed by atoms with van der Waals surface area (Å²) < 4.78 is 50.6. The average molecular weight is 371 g/mol. The first-order chi connectivity index (χ1) is 9.79. The molecule has 0 radical (unpaired) electrons. The lowest BCUT2D eigenvalue weighted by atomic mass is 10.5. The third kappa shape index (κ3) is 3.53. The zero-order chi connectivity index (χ0) is 15.7. The quantitative estimate of drug-likeness (QED) is 0.741. The van der Waals surface area contributed by atoms with E-state index in [1.807, 2.05) is 0 Å². The molecule has 2 rings (SSSR count). The van der Waals surface area contributed by atoms with Gasteiger partial charge in [0.25, 0.3) is 0 Å². The molecule has 0 aliphatic carbocycles. The summed E-state index contributed by atoms with van der Waals surface area (Å²) in [5.41, 5.74) is 0. The zero-order valence-electron chi connectivity index (χ0n) is 11.3. The summed E-state index contributed by atoms with van der Waals surface area (Å²) in [4.78, 5) is 3.71. The van der Waals surface area contributed by atoms with Crippen molar-refractivity contribution < 1.29 is 16.8 Å². The predicted molar refractivity (Wildman–Crippen MR) is 83.7 cm³/mol. The normalized spacial score (nSPS) is 21.3.